The van der Waals surface area contributed by atoms with E-state index in [0.717, 1.165) is 12.6 Å². The van der Waals surface area contributed by atoms with Crippen molar-refractivity contribution >= 4 is 0 Å². The van der Waals surface area contributed by atoms with Crippen LogP contribution in [0.25, 0.3) is 0 Å². The summed E-state index contributed by atoms with van der Waals surface area (Å²) in [6, 6.07) is 0.728. The van der Waals surface area contributed by atoms with Crippen LogP contribution in [0.3, 0.4) is 0 Å². The summed E-state index contributed by atoms with van der Waals surface area (Å²) in [4.78, 5) is 5.28. The molecule has 0 amide bonds. The van der Waals surface area contributed by atoms with Crippen LogP contribution in [-0.4, -0.2) is 51.3 Å². The lowest BCUT2D eigenvalue weighted by Crippen LogP contribution is -2.64. The average molecular weight is 262 g/mol. The van der Waals surface area contributed by atoms with Crippen LogP contribution in [0.15, 0.2) is 12.4 Å². The van der Waals surface area contributed by atoms with Gasteiger partial charge in [0, 0.05) is 36.9 Å². The van der Waals surface area contributed by atoms with Gasteiger partial charge in [-0.3, -0.25) is 9.58 Å². The van der Waals surface area contributed by atoms with Crippen molar-refractivity contribution in [2.45, 2.75) is 50.7 Å². The van der Waals surface area contributed by atoms with Gasteiger partial charge in [-0.25, -0.2) is 0 Å². The first kappa shape index (κ1) is 13.1. The molecule has 2 aliphatic heterocycles. The van der Waals surface area contributed by atoms with Crippen molar-refractivity contribution in [2.75, 3.05) is 20.1 Å². The summed E-state index contributed by atoms with van der Waals surface area (Å²) in [5.74, 6) is 0. The Bertz CT molecular complexity index is 441. The fourth-order valence-electron chi connectivity index (χ4n) is 4.15. The van der Waals surface area contributed by atoms with Crippen LogP contribution in [0, 0.1) is 0 Å². The maximum atomic E-state index is 4.30. The van der Waals surface area contributed by atoms with Gasteiger partial charge in [-0.2, -0.15) is 5.10 Å². The predicted molar refractivity (Wildman–Crippen MR) is 76.9 cm³/mol. The number of hydrogen-bond acceptors (Lipinski definition) is 3. The minimum atomic E-state index is 0.348. The molecule has 3 rings (SSSR count). The Labute approximate surface area is 116 Å². The first-order valence-corrected chi connectivity index (χ1v) is 7.52. The molecule has 0 unspecified atom stereocenters. The van der Waals surface area contributed by atoms with Crippen molar-refractivity contribution in [3.63, 3.8) is 0 Å². The second-order valence-corrected chi connectivity index (χ2v) is 6.54. The summed E-state index contributed by atoms with van der Waals surface area (Å²) in [7, 11) is 4.30. The number of piperidine rings is 2. The summed E-state index contributed by atoms with van der Waals surface area (Å²) in [5, 5.41) is 4.30. The number of rotatable bonds is 2. The number of likely N-dealkylation sites (N-methyl/N-ethyl adjacent to an activating group) is 1. The number of likely N-dealkylation sites (tertiary alicyclic amines) is 2. The van der Waals surface area contributed by atoms with E-state index >= 15 is 0 Å². The number of aromatic nitrogens is 2. The molecule has 4 nitrogen and oxygen atoms in total. The van der Waals surface area contributed by atoms with Crippen LogP contribution < -0.4 is 0 Å². The van der Waals surface area contributed by atoms with E-state index in [1.54, 1.807) is 0 Å². The monoisotopic (exact) mass is 262 g/mol. The topological polar surface area (TPSA) is 24.3 Å². The van der Waals surface area contributed by atoms with Crippen molar-refractivity contribution in [1.29, 1.82) is 0 Å². The normalized spacial score (nSPS) is 33.3. The molecule has 2 saturated heterocycles. The molecule has 1 aromatic rings. The SMILES string of the molecule is CN1CCC[C@@]2(C)[C@H]1CCCN2Cc1cnn(C)c1. The van der Waals surface area contributed by atoms with Gasteiger partial charge in [0.05, 0.1) is 6.20 Å². The Balaban J connectivity index is 1.80. The van der Waals surface area contributed by atoms with E-state index in [9.17, 15) is 0 Å². The summed E-state index contributed by atoms with van der Waals surface area (Å²) in [6.07, 6.45) is 9.51. The highest BCUT2D eigenvalue weighted by Crippen LogP contribution is 2.39. The minimum absolute atomic E-state index is 0.348. The average Bonchev–Trinajstić information content (AvgIpc) is 2.77. The molecule has 0 saturated carbocycles. The van der Waals surface area contributed by atoms with Gasteiger partial charge in [0.15, 0.2) is 0 Å². The van der Waals surface area contributed by atoms with Crippen molar-refractivity contribution in [1.82, 2.24) is 19.6 Å². The van der Waals surface area contributed by atoms with Gasteiger partial charge < -0.3 is 4.90 Å². The number of aryl methyl sites for hydroxylation is 1. The highest BCUT2D eigenvalue weighted by Gasteiger charge is 2.45. The molecule has 4 heteroatoms. The van der Waals surface area contributed by atoms with E-state index < -0.39 is 0 Å². The quantitative estimate of drug-likeness (QED) is 0.813. The molecule has 19 heavy (non-hydrogen) atoms. The first-order chi connectivity index (χ1) is 9.09. The second-order valence-electron chi connectivity index (χ2n) is 6.54. The van der Waals surface area contributed by atoms with E-state index in [4.69, 9.17) is 0 Å². The zero-order valence-corrected chi connectivity index (χ0v) is 12.5. The molecular weight excluding hydrogens is 236 g/mol. The Morgan fingerprint density at radius 2 is 2.16 bits per heavy atom. The Morgan fingerprint density at radius 3 is 2.89 bits per heavy atom. The summed E-state index contributed by atoms with van der Waals surface area (Å²) in [5.41, 5.74) is 1.69. The van der Waals surface area contributed by atoms with Gasteiger partial charge in [0.25, 0.3) is 0 Å². The molecule has 0 bridgehead atoms. The molecule has 2 atom stereocenters. The predicted octanol–water partition coefficient (Wildman–Crippen LogP) is 1.87. The van der Waals surface area contributed by atoms with Gasteiger partial charge >= 0.3 is 0 Å². The Hall–Kier alpha value is -0.870. The lowest BCUT2D eigenvalue weighted by atomic mass is 9.76. The zero-order chi connectivity index (χ0) is 13.5. The van der Waals surface area contributed by atoms with Gasteiger partial charge in [-0.1, -0.05) is 0 Å². The van der Waals surface area contributed by atoms with Crippen LogP contribution in [0.5, 0.6) is 0 Å². The highest BCUT2D eigenvalue weighted by molar-refractivity contribution is 5.09. The van der Waals surface area contributed by atoms with Crippen LogP contribution in [0.2, 0.25) is 0 Å². The smallest absolute Gasteiger partial charge is 0.0534 e. The number of nitrogens with zero attached hydrogens (tertiary/aromatic N) is 4. The molecule has 106 valence electrons. The third-order valence-electron chi connectivity index (χ3n) is 5.20. The van der Waals surface area contributed by atoms with Gasteiger partial charge in [0.1, 0.15) is 0 Å². The molecule has 2 fully saturated rings. The maximum absolute atomic E-state index is 4.30. The fourth-order valence-corrected chi connectivity index (χ4v) is 4.15. The molecular formula is C15H26N4. The van der Waals surface area contributed by atoms with E-state index in [0.29, 0.717) is 5.54 Å². The molecule has 0 aromatic carbocycles. The van der Waals surface area contributed by atoms with Crippen LogP contribution in [0.4, 0.5) is 0 Å². The molecule has 0 radical (unpaired) electrons. The van der Waals surface area contributed by atoms with Crippen molar-refractivity contribution in [2.24, 2.45) is 7.05 Å². The molecule has 1 aromatic heterocycles. The third kappa shape index (κ3) is 2.32. The van der Waals surface area contributed by atoms with Gasteiger partial charge in [0.2, 0.25) is 0 Å². The van der Waals surface area contributed by atoms with Crippen molar-refractivity contribution < 1.29 is 0 Å². The highest BCUT2D eigenvalue weighted by atomic mass is 15.3. The molecule has 2 aliphatic rings. The molecule has 0 aliphatic carbocycles. The molecule has 3 heterocycles. The van der Waals surface area contributed by atoms with Crippen LogP contribution in [-0.2, 0) is 13.6 Å². The fraction of sp³-hybridized carbons (Fsp3) is 0.800. The van der Waals surface area contributed by atoms with Crippen molar-refractivity contribution in [3.05, 3.63) is 18.0 Å². The third-order valence-corrected chi connectivity index (χ3v) is 5.20. The Morgan fingerprint density at radius 1 is 1.32 bits per heavy atom. The standard InChI is InChI=1S/C15H26N4/c1-15-7-5-8-17(2)14(15)6-4-9-19(15)12-13-10-16-18(3)11-13/h10-11,14H,4-9,12H2,1-3H3/t14-,15+/m1/s1. The van der Waals surface area contributed by atoms with E-state index in [1.165, 1.54) is 44.3 Å². The van der Waals surface area contributed by atoms with E-state index in [-0.39, 0.29) is 0 Å². The number of hydrogen-bond donors (Lipinski definition) is 0. The maximum Gasteiger partial charge on any atom is 0.0534 e. The van der Waals surface area contributed by atoms with E-state index in [2.05, 4.69) is 35.1 Å². The second kappa shape index (κ2) is 4.91. The van der Waals surface area contributed by atoms with Crippen LogP contribution in [0.1, 0.15) is 38.2 Å². The Kier molecular flexibility index (Phi) is 3.39. The van der Waals surface area contributed by atoms with Gasteiger partial charge in [-0.05, 0) is 52.7 Å². The van der Waals surface area contributed by atoms with Crippen molar-refractivity contribution in [3.8, 4) is 0 Å². The minimum Gasteiger partial charge on any atom is -0.302 e. The van der Waals surface area contributed by atoms with Gasteiger partial charge in [-0.15, -0.1) is 0 Å². The summed E-state index contributed by atoms with van der Waals surface area (Å²) < 4.78 is 1.91. The van der Waals surface area contributed by atoms with E-state index in [1.807, 2.05) is 17.9 Å². The number of fused-ring (bicyclic) bond motifs is 1. The molecule has 0 spiro atoms. The lowest BCUT2D eigenvalue weighted by molar-refractivity contribution is -0.0535. The van der Waals surface area contributed by atoms with Crippen LogP contribution >= 0.6 is 0 Å². The summed E-state index contributed by atoms with van der Waals surface area (Å²) >= 11 is 0. The largest absolute Gasteiger partial charge is 0.302 e. The zero-order valence-electron chi connectivity index (χ0n) is 12.5. The summed E-state index contributed by atoms with van der Waals surface area (Å²) in [6.45, 7) is 6.02. The lowest BCUT2D eigenvalue weighted by Gasteiger charge is -2.56. The molecule has 0 N–H and O–H groups in total. The first-order valence-electron chi connectivity index (χ1n) is 7.52.